The molecule has 0 atom stereocenters. The molecule has 3 aromatic rings. The topological polar surface area (TPSA) is 83.5 Å². The van der Waals surface area contributed by atoms with E-state index in [1.54, 1.807) is 13.2 Å². The summed E-state index contributed by atoms with van der Waals surface area (Å²) in [5.74, 6) is 1.56. The van der Waals surface area contributed by atoms with Crippen molar-refractivity contribution in [1.29, 1.82) is 0 Å². The highest BCUT2D eigenvalue weighted by Gasteiger charge is 2.09. The summed E-state index contributed by atoms with van der Waals surface area (Å²) in [7, 11) is 1.63. The van der Waals surface area contributed by atoms with Gasteiger partial charge in [0.25, 0.3) is 0 Å². The predicted molar refractivity (Wildman–Crippen MR) is 130 cm³/mol. The summed E-state index contributed by atoms with van der Waals surface area (Å²) in [6.45, 7) is 4.17. The molecule has 160 valence electrons. The van der Waals surface area contributed by atoms with Crippen LogP contribution in [0.3, 0.4) is 0 Å². The number of benzene rings is 2. The van der Waals surface area contributed by atoms with Crippen molar-refractivity contribution in [3.8, 4) is 5.75 Å². The van der Waals surface area contributed by atoms with E-state index in [0.29, 0.717) is 34.3 Å². The number of ether oxygens (including phenoxy) is 1. The first kappa shape index (κ1) is 22.5. The molecule has 0 spiro atoms. The summed E-state index contributed by atoms with van der Waals surface area (Å²) in [5.41, 5.74) is 3.30. The van der Waals surface area contributed by atoms with Crippen LogP contribution in [0.15, 0.2) is 59.6 Å². The van der Waals surface area contributed by atoms with Crippen molar-refractivity contribution in [2.45, 2.75) is 20.4 Å². The first-order valence-electron chi connectivity index (χ1n) is 9.53. The van der Waals surface area contributed by atoms with Crippen LogP contribution >= 0.6 is 23.8 Å². The van der Waals surface area contributed by atoms with Crippen molar-refractivity contribution in [2.24, 2.45) is 4.99 Å². The molecule has 0 saturated heterocycles. The van der Waals surface area contributed by atoms with Gasteiger partial charge in [0.1, 0.15) is 5.75 Å². The molecule has 9 heteroatoms. The molecule has 0 fully saturated rings. The molecule has 0 radical (unpaired) electrons. The maximum absolute atomic E-state index is 6.21. The minimum Gasteiger partial charge on any atom is -0.496 e. The molecule has 31 heavy (non-hydrogen) atoms. The zero-order chi connectivity index (χ0) is 22.2. The number of para-hydroxylation sites is 2. The minimum absolute atomic E-state index is 0.323. The molecular formula is C22H23ClN6OS. The van der Waals surface area contributed by atoms with Crippen LogP contribution < -0.4 is 20.7 Å². The molecule has 0 unspecified atom stereocenters. The average molecular weight is 455 g/mol. The molecule has 2 aromatic carbocycles. The lowest BCUT2D eigenvalue weighted by Gasteiger charge is -2.15. The number of guanidine groups is 1. The van der Waals surface area contributed by atoms with Gasteiger partial charge in [0.2, 0.25) is 11.9 Å². The largest absolute Gasteiger partial charge is 0.496 e. The molecule has 1 aromatic heterocycles. The number of nitrogens with zero attached hydrogens (tertiary/aromatic N) is 3. The van der Waals surface area contributed by atoms with Gasteiger partial charge >= 0.3 is 0 Å². The Labute approximate surface area is 191 Å². The molecule has 0 aliphatic rings. The lowest BCUT2D eigenvalue weighted by atomic mass is 10.2. The molecule has 0 aliphatic heterocycles. The van der Waals surface area contributed by atoms with Crippen molar-refractivity contribution in [3.05, 3.63) is 76.6 Å². The van der Waals surface area contributed by atoms with Crippen molar-refractivity contribution < 1.29 is 4.74 Å². The van der Waals surface area contributed by atoms with Gasteiger partial charge in [0.15, 0.2) is 5.11 Å². The number of anilines is 2. The number of halogens is 1. The van der Waals surface area contributed by atoms with Gasteiger partial charge in [-0.3, -0.25) is 5.32 Å². The third-order valence-electron chi connectivity index (χ3n) is 4.17. The first-order valence-corrected chi connectivity index (χ1v) is 10.3. The van der Waals surface area contributed by atoms with E-state index in [2.05, 4.69) is 30.9 Å². The number of aromatic nitrogens is 2. The second kappa shape index (κ2) is 10.7. The van der Waals surface area contributed by atoms with Crippen LogP contribution in [0.2, 0.25) is 5.02 Å². The molecule has 0 bridgehead atoms. The van der Waals surface area contributed by atoms with Crippen molar-refractivity contribution in [1.82, 2.24) is 15.3 Å². The molecule has 1 heterocycles. The molecule has 0 saturated carbocycles. The van der Waals surface area contributed by atoms with Crippen LogP contribution in [-0.4, -0.2) is 28.1 Å². The lowest BCUT2D eigenvalue weighted by molar-refractivity contribution is 0.410. The monoisotopic (exact) mass is 454 g/mol. The fraction of sp³-hybridized carbons (Fsp3) is 0.182. The van der Waals surface area contributed by atoms with Crippen LogP contribution in [0.1, 0.15) is 17.0 Å². The van der Waals surface area contributed by atoms with Gasteiger partial charge in [-0.2, -0.15) is 0 Å². The molecule has 3 N–H and O–H groups in total. The number of methoxy groups -OCH3 is 1. The van der Waals surface area contributed by atoms with Crippen molar-refractivity contribution in [3.63, 3.8) is 0 Å². The van der Waals surface area contributed by atoms with Gasteiger partial charge in [-0.05, 0) is 50.3 Å². The minimum atomic E-state index is 0.323. The second-order valence-electron chi connectivity index (χ2n) is 6.63. The Hall–Kier alpha value is -3.23. The predicted octanol–water partition coefficient (Wildman–Crippen LogP) is 4.71. The Balaban J connectivity index is 1.82. The second-order valence-corrected chi connectivity index (χ2v) is 7.45. The zero-order valence-corrected chi connectivity index (χ0v) is 19.0. The maximum atomic E-state index is 6.21. The normalized spacial score (nSPS) is 11.0. The van der Waals surface area contributed by atoms with Crippen molar-refractivity contribution in [2.75, 3.05) is 17.7 Å². The number of aliphatic imine (C=N–C) groups is 1. The molecular weight excluding hydrogens is 432 g/mol. The van der Waals surface area contributed by atoms with E-state index in [1.807, 2.05) is 62.4 Å². The first-order chi connectivity index (χ1) is 14.9. The number of aryl methyl sites for hydroxylation is 2. The van der Waals surface area contributed by atoms with Gasteiger partial charge in [0, 0.05) is 17.0 Å². The molecule has 3 rings (SSSR count). The molecule has 7 nitrogen and oxygen atoms in total. The van der Waals surface area contributed by atoms with E-state index >= 15 is 0 Å². The number of thiocarbonyl (C=S) groups is 1. The Kier molecular flexibility index (Phi) is 7.75. The summed E-state index contributed by atoms with van der Waals surface area (Å²) in [5, 5.41) is 10.1. The third kappa shape index (κ3) is 6.63. The van der Waals surface area contributed by atoms with Crippen LogP contribution in [0.4, 0.5) is 11.6 Å². The Morgan fingerprint density at radius 1 is 1.03 bits per heavy atom. The lowest BCUT2D eigenvalue weighted by Crippen LogP contribution is -2.39. The Bertz CT molecular complexity index is 1080. The number of hydrogen-bond donors (Lipinski definition) is 3. The maximum Gasteiger partial charge on any atom is 0.229 e. The van der Waals surface area contributed by atoms with E-state index in [1.165, 1.54) is 0 Å². The highest BCUT2D eigenvalue weighted by molar-refractivity contribution is 7.80. The van der Waals surface area contributed by atoms with Gasteiger partial charge in [-0.15, -0.1) is 0 Å². The summed E-state index contributed by atoms with van der Waals surface area (Å²) in [6.07, 6.45) is 0. The summed E-state index contributed by atoms with van der Waals surface area (Å²) < 4.78 is 5.41. The smallest absolute Gasteiger partial charge is 0.229 e. The molecule has 0 aliphatic carbocycles. The van der Waals surface area contributed by atoms with Crippen LogP contribution in [0, 0.1) is 13.8 Å². The third-order valence-corrected chi connectivity index (χ3v) is 4.70. The number of nitrogens with one attached hydrogen (secondary N) is 3. The van der Waals surface area contributed by atoms with E-state index in [-0.39, 0.29) is 0 Å². The summed E-state index contributed by atoms with van der Waals surface area (Å²) in [6, 6.07) is 16.9. The van der Waals surface area contributed by atoms with Gasteiger partial charge in [0.05, 0.1) is 24.4 Å². The highest BCUT2D eigenvalue weighted by Crippen LogP contribution is 2.20. The van der Waals surface area contributed by atoms with Crippen molar-refractivity contribution >= 4 is 46.5 Å². The Morgan fingerprint density at radius 3 is 2.42 bits per heavy atom. The van der Waals surface area contributed by atoms with Gasteiger partial charge < -0.3 is 15.4 Å². The van der Waals surface area contributed by atoms with E-state index < -0.39 is 0 Å². The SMILES string of the molecule is COc1ccccc1CN=C(NC(=S)Nc1ccccc1Cl)Nc1nc(C)cc(C)n1. The summed E-state index contributed by atoms with van der Waals surface area (Å²) in [4.78, 5) is 13.5. The average Bonchev–Trinajstić information content (AvgIpc) is 2.73. The van der Waals surface area contributed by atoms with Crippen LogP contribution in [0.25, 0.3) is 0 Å². The molecule has 0 amide bonds. The summed E-state index contributed by atoms with van der Waals surface area (Å²) >= 11 is 11.7. The van der Waals surface area contributed by atoms with E-state index in [9.17, 15) is 0 Å². The van der Waals surface area contributed by atoms with Gasteiger partial charge in [-0.1, -0.05) is 41.9 Å². The van der Waals surface area contributed by atoms with Crippen LogP contribution in [0.5, 0.6) is 5.75 Å². The number of rotatable bonds is 5. The number of hydrogen-bond acceptors (Lipinski definition) is 5. The van der Waals surface area contributed by atoms with E-state index in [0.717, 1.165) is 22.7 Å². The zero-order valence-electron chi connectivity index (χ0n) is 17.4. The Morgan fingerprint density at radius 2 is 1.71 bits per heavy atom. The fourth-order valence-corrected chi connectivity index (χ4v) is 3.21. The van der Waals surface area contributed by atoms with Gasteiger partial charge in [-0.25, -0.2) is 15.0 Å². The standard InChI is InChI=1S/C22H23ClN6OS/c1-14-12-15(2)26-21(25-14)28-20(24-13-16-8-4-7-11-19(16)30-3)29-22(31)27-18-10-6-5-9-17(18)23/h4-12H,13H2,1-3H3,(H3,24,25,26,27,28,29,31). The van der Waals surface area contributed by atoms with E-state index in [4.69, 9.17) is 28.6 Å². The van der Waals surface area contributed by atoms with Crippen LogP contribution in [-0.2, 0) is 6.54 Å². The quantitative estimate of drug-likeness (QED) is 0.292. The fourth-order valence-electron chi connectivity index (χ4n) is 2.82. The highest BCUT2D eigenvalue weighted by atomic mass is 35.5.